The summed E-state index contributed by atoms with van der Waals surface area (Å²) >= 11 is 5.73. The van der Waals surface area contributed by atoms with E-state index in [9.17, 15) is 4.39 Å². The molecule has 1 N–H and O–H groups in total. The number of H-pyrrole nitrogens is 1. The van der Waals surface area contributed by atoms with E-state index in [1.807, 2.05) is 12.4 Å². The van der Waals surface area contributed by atoms with Crippen molar-refractivity contribution < 1.29 is 4.39 Å². The van der Waals surface area contributed by atoms with Gasteiger partial charge in [0.05, 0.1) is 6.20 Å². The SMILES string of the molecule is C.Fc1ccc2c(-c3cnn(-c4ccc(Cl)nn4)c3)c[nH]c2c1. The Labute approximate surface area is 136 Å². The Morgan fingerprint density at radius 2 is 2.00 bits per heavy atom. The third-order valence-electron chi connectivity index (χ3n) is 3.39. The number of nitrogens with one attached hydrogen (secondary N) is 1. The van der Waals surface area contributed by atoms with E-state index in [1.165, 1.54) is 12.1 Å². The van der Waals surface area contributed by atoms with Crippen LogP contribution in [0.1, 0.15) is 7.43 Å². The topological polar surface area (TPSA) is 59.4 Å². The Morgan fingerprint density at radius 1 is 1.13 bits per heavy atom. The van der Waals surface area contributed by atoms with E-state index in [0.29, 0.717) is 11.0 Å². The standard InChI is InChI=1S/C15H9ClFN5.CH4/c16-14-3-4-15(21-20-14)22-8-9(6-19-22)12-7-18-13-5-10(17)1-2-11(12)13;/h1-8,18H;1H4. The second kappa shape index (κ2) is 5.81. The van der Waals surface area contributed by atoms with Crippen LogP contribution in [0.3, 0.4) is 0 Å². The molecule has 0 bridgehead atoms. The van der Waals surface area contributed by atoms with Gasteiger partial charge in [-0.3, -0.25) is 0 Å². The molecule has 0 amide bonds. The van der Waals surface area contributed by atoms with Gasteiger partial charge in [-0.2, -0.15) is 5.10 Å². The lowest BCUT2D eigenvalue weighted by atomic mass is 10.1. The fourth-order valence-corrected chi connectivity index (χ4v) is 2.46. The molecule has 0 aliphatic heterocycles. The Balaban J connectivity index is 0.00000156. The van der Waals surface area contributed by atoms with Gasteiger partial charge in [0.25, 0.3) is 0 Å². The van der Waals surface area contributed by atoms with Crippen LogP contribution in [0.4, 0.5) is 4.39 Å². The van der Waals surface area contributed by atoms with Crippen molar-refractivity contribution >= 4 is 22.5 Å². The number of fused-ring (bicyclic) bond motifs is 1. The number of aromatic nitrogens is 5. The lowest BCUT2D eigenvalue weighted by Gasteiger charge is -1.98. The summed E-state index contributed by atoms with van der Waals surface area (Å²) in [4.78, 5) is 3.06. The molecule has 3 heterocycles. The van der Waals surface area contributed by atoms with Gasteiger partial charge in [0.1, 0.15) is 5.82 Å². The fourth-order valence-electron chi connectivity index (χ4n) is 2.36. The van der Waals surface area contributed by atoms with E-state index in [2.05, 4.69) is 20.3 Å². The van der Waals surface area contributed by atoms with Gasteiger partial charge < -0.3 is 4.98 Å². The molecule has 4 aromatic rings. The maximum absolute atomic E-state index is 13.2. The average Bonchev–Trinajstić information content (AvgIpc) is 3.13. The van der Waals surface area contributed by atoms with Crippen molar-refractivity contribution in [2.24, 2.45) is 0 Å². The minimum absolute atomic E-state index is 0. The highest BCUT2D eigenvalue weighted by Gasteiger charge is 2.10. The molecular formula is C16H13ClFN5. The van der Waals surface area contributed by atoms with Gasteiger partial charge in [-0.15, -0.1) is 10.2 Å². The summed E-state index contributed by atoms with van der Waals surface area (Å²) in [6.07, 6.45) is 5.39. The first-order chi connectivity index (χ1) is 10.7. The van der Waals surface area contributed by atoms with Gasteiger partial charge >= 0.3 is 0 Å². The summed E-state index contributed by atoms with van der Waals surface area (Å²) in [7, 11) is 0. The van der Waals surface area contributed by atoms with E-state index in [-0.39, 0.29) is 13.2 Å². The highest BCUT2D eigenvalue weighted by atomic mass is 35.5. The smallest absolute Gasteiger partial charge is 0.175 e. The van der Waals surface area contributed by atoms with Crippen LogP contribution in [0, 0.1) is 5.82 Å². The Hall–Kier alpha value is -2.73. The van der Waals surface area contributed by atoms with Gasteiger partial charge in [-0.1, -0.05) is 19.0 Å². The van der Waals surface area contributed by atoms with Crippen LogP contribution >= 0.6 is 11.6 Å². The lowest BCUT2D eigenvalue weighted by molar-refractivity contribution is 0.629. The first kappa shape index (κ1) is 15.2. The van der Waals surface area contributed by atoms with Crippen molar-refractivity contribution in [1.29, 1.82) is 0 Å². The molecule has 23 heavy (non-hydrogen) atoms. The maximum Gasteiger partial charge on any atom is 0.175 e. The summed E-state index contributed by atoms with van der Waals surface area (Å²) in [6, 6.07) is 8.04. The number of aromatic amines is 1. The monoisotopic (exact) mass is 329 g/mol. The van der Waals surface area contributed by atoms with E-state index >= 15 is 0 Å². The number of hydrogen-bond donors (Lipinski definition) is 1. The number of halogens is 2. The Bertz CT molecular complexity index is 958. The summed E-state index contributed by atoms with van der Waals surface area (Å²) in [5.74, 6) is 0.301. The number of nitrogens with zero attached hydrogens (tertiary/aromatic N) is 4. The summed E-state index contributed by atoms with van der Waals surface area (Å²) < 4.78 is 14.9. The normalized spacial score (nSPS) is 10.7. The molecule has 0 aliphatic rings. The van der Waals surface area contributed by atoms with Gasteiger partial charge in [0, 0.05) is 34.4 Å². The Kier molecular flexibility index (Phi) is 3.83. The summed E-state index contributed by atoms with van der Waals surface area (Å²) in [5.41, 5.74) is 2.59. The second-order valence-corrected chi connectivity index (χ2v) is 5.17. The predicted molar refractivity (Wildman–Crippen MR) is 88.1 cm³/mol. The molecule has 0 aliphatic carbocycles. The van der Waals surface area contributed by atoms with Crippen molar-refractivity contribution in [2.75, 3.05) is 0 Å². The van der Waals surface area contributed by atoms with Crippen molar-refractivity contribution in [3.63, 3.8) is 0 Å². The zero-order valence-electron chi connectivity index (χ0n) is 11.2. The van der Waals surface area contributed by atoms with Gasteiger partial charge in [-0.05, 0) is 30.3 Å². The van der Waals surface area contributed by atoms with Crippen molar-refractivity contribution in [3.05, 3.63) is 59.9 Å². The highest BCUT2D eigenvalue weighted by molar-refractivity contribution is 6.29. The fraction of sp³-hybridized carbons (Fsp3) is 0.0625. The van der Waals surface area contributed by atoms with Crippen LogP contribution in [-0.4, -0.2) is 25.0 Å². The van der Waals surface area contributed by atoms with Gasteiger partial charge in [0.2, 0.25) is 0 Å². The first-order valence-corrected chi connectivity index (χ1v) is 6.90. The molecule has 1 aromatic carbocycles. The van der Waals surface area contributed by atoms with Crippen LogP contribution in [0.2, 0.25) is 5.15 Å². The zero-order chi connectivity index (χ0) is 15.1. The quantitative estimate of drug-likeness (QED) is 0.598. The van der Waals surface area contributed by atoms with Crippen molar-refractivity contribution in [1.82, 2.24) is 25.0 Å². The molecule has 0 radical (unpaired) electrons. The third-order valence-corrected chi connectivity index (χ3v) is 3.59. The third kappa shape index (κ3) is 2.68. The van der Waals surface area contributed by atoms with Gasteiger partial charge in [0.15, 0.2) is 11.0 Å². The molecule has 4 rings (SSSR count). The van der Waals surface area contributed by atoms with E-state index in [1.54, 1.807) is 29.1 Å². The van der Waals surface area contributed by atoms with Crippen LogP contribution < -0.4 is 0 Å². The minimum Gasteiger partial charge on any atom is -0.360 e. The van der Waals surface area contributed by atoms with Crippen LogP contribution in [0.5, 0.6) is 0 Å². The van der Waals surface area contributed by atoms with Crippen molar-refractivity contribution in [3.8, 4) is 16.9 Å². The molecule has 0 fully saturated rings. The molecule has 0 atom stereocenters. The zero-order valence-corrected chi connectivity index (χ0v) is 11.9. The minimum atomic E-state index is -0.270. The predicted octanol–water partition coefficient (Wildman–Crippen LogP) is 4.24. The van der Waals surface area contributed by atoms with E-state index in [0.717, 1.165) is 22.0 Å². The average molecular weight is 330 g/mol. The summed E-state index contributed by atoms with van der Waals surface area (Å²) in [5, 5.41) is 13.3. The highest BCUT2D eigenvalue weighted by Crippen LogP contribution is 2.29. The largest absolute Gasteiger partial charge is 0.360 e. The maximum atomic E-state index is 13.2. The molecule has 116 valence electrons. The molecular weight excluding hydrogens is 317 g/mol. The van der Waals surface area contributed by atoms with Crippen LogP contribution in [0.25, 0.3) is 27.8 Å². The molecule has 3 aromatic heterocycles. The van der Waals surface area contributed by atoms with E-state index < -0.39 is 0 Å². The Morgan fingerprint density at radius 3 is 2.78 bits per heavy atom. The molecule has 0 unspecified atom stereocenters. The molecule has 0 spiro atoms. The van der Waals surface area contributed by atoms with E-state index in [4.69, 9.17) is 11.6 Å². The molecule has 5 nitrogen and oxygen atoms in total. The second-order valence-electron chi connectivity index (χ2n) is 4.78. The number of rotatable bonds is 2. The number of hydrogen-bond acceptors (Lipinski definition) is 3. The summed E-state index contributed by atoms with van der Waals surface area (Å²) in [6.45, 7) is 0. The van der Waals surface area contributed by atoms with Crippen LogP contribution in [0.15, 0.2) is 48.9 Å². The van der Waals surface area contributed by atoms with Gasteiger partial charge in [-0.25, -0.2) is 9.07 Å². The molecule has 7 heteroatoms. The molecule has 0 saturated carbocycles. The lowest BCUT2D eigenvalue weighted by Crippen LogP contribution is -1.98. The van der Waals surface area contributed by atoms with Crippen LogP contribution in [-0.2, 0) is 0 Å². The van der Waals surface area contributed by atoms with Crippen molar-refractivity contribution in [2.45, 2.75) is 7.43 Å². The first-order valence-electron chi connectivity index (χ1n) is 6.52. The number of benzene rings is 1. The molecule has 0 saturated heterocycles.